The van der Waals surface area contributed by atoms with Gasteiger partial charge in [-0.25, -0.2) is 0 Å². The van der Waals surface area contributed by atoms with Gasteiger partial charge >= 0.3 is 0 Å². The fourth-order valence-corrected chi connectivity index (χ4v) is 2.15. The van der Waals surface area contributed by atoms with Gasteiger partial charge in [0.25, 0.3) is 11.6 Å². The second kappa shape index (κ2) is 7.60. The summed E-state index contributed by atoms with van der Waals surface area (Å²) in [5.41, 5.74) is 0.550. The molecule has 0 fully saturated rings. The molecule has 0 aliphatic rings. The van der Waals surface area contributed by atoms with Gasteiger partial charge in [0.1, 0.15) is 12.4 Å². The van der Waals surface area contributed by atoms with Gasteiger partial charge in [0, 0.05) is 22.2 Å². The smallest absolute Gasteiger partial charge is 0.273 e. The maximum atomic E-state index is 12.1. The molecule has 0 saturated heterocycles. The van der Waals surface area contributed by atoms with Crippen molar-refractivity contribution in [1.82, 2.24) is 5.32 Å². The van der Waals surface area contributed by atoms with Crippen LogP contribution in [0.3, 0.4) is 0 Å². The van der Waals surface area contributed by atoms with Crippen LogP contribution in [-0.2, 0) is 0 Å². The summed E-state index contributed by atoms with van der Waals surface area (Å²) in [6.45, 7) is 2.11. The summed E-state index contributed by atoms with van der Waals surface area (Å²) in [5.74, 6) is 0.279. The molecule has 23 heavy (non-hydrogen) atoms. The first-order valence-corrected chi connectivity index (χ1v) is 7.27. The number of nitrogens with one attached hydrogen (secondary N) is 1. The molecule has 2 aromatic carbocycles. The maximum Gasteiger partial charge on any atom is 0.273 e. The summed E-state index contributed by atoms with van der Waals surface area (Å²) in [4.78, 5) is 22.5. The van der Waals surface area contributed by atoms with Gasteiger partial charge < -0.3 is 10.1 Å². The van der Waals surface area contributed by atoms with E-state index in [1.54, 1.807) is 37.3 Å². The minimum atomic E-state index is -0.504. The number of hydrogen-bond acceptors (Lipinski definition) is 4. The highest BCUT2D eigenvalue weighted by Gasteiger charge is 2.17. The normalized spacial score (nSPS) is 10.2. The number of ether oxygens (including phenoxy) is 1. The molecule has 1 N–H and O–H groups in total. The Morgan fingerprint density at radius 2 is 1.96 bits per heavy atom. The number of benzene rings is 2. The molecule has 0 heterocycles. The average Bonchev–Trinajstić information content (AvgIpc) is 2.53. The van der Waals surface area contributed by atoms with Crippen LogP contribution in [0.25, 0.3) is 0 Å². The number of amides is 1. The van der Waals surface area contributed by atoms with Crippen molar-refractivity contribution in [1.29, 1.82) is 0 Å². The lowest BCUT2D eigenvalue weighted by atomic mass is 10.1. The number of rotatable bonds is 6. The van der Waals surface area contributed by atoms with E-state index in [-0.39, 0.29) is 30.3 Å². The molecule has 6 nitrogen and oxygen atoms in total. The first-order chi connectivity index (χ1) is 11.0. The van der Waals surface area contributed by atoms with E-state index in [2.05, 4.69) is 5.32 Å². The van der Waals surface area contributed by atoms with Crippen molar-refractivity contribution >= 4 is 23.2 Å². The standard InChI is InChI=1S/C16H15ClN2O4/c1-11-14(3-2-4-15(11)19(21)22)16(20)18-9-10-23-13-7-5-12(17)6-8-13/h2-8H,9-10H2,1H3,(H,18,20). The van der Waals surface area contributed by atoms with Crippen LogP contribution >= 0.6 is 11.6 Å². The molecule has 0 unspecified atom stereocenters. The third kappa shape index (κ3) is 4.43. The molecular weight excluding hydrogens is 320 g/mol. The van der Waals surface area contributed by atoms with Crippen molar-refractivity contribution in [2.75, 3.05) is 13.2 Å². The molecule has 0 radical (unpaired) electrons. The number of carbonyl (C=O) groups excluding carboxylic acids is 1. The molecule has 0 atom stereocenters. The first-order valence-electron chi connectivity index (χ1n) is 6.89. The van der Waals surface area contributed by atoms with E-state index in [9.17, 15) is 14.9 Å². The highest BCUT2D eigenvalue weighted by atomic mass is 35.5. The quantitative estimate of drug-likeness (QED) is 0.499. The maximum absolute atomic E-state index is 12.1. The van der Waals surface area contributed by atoms with E-state index in [4.69, 9.17) is 16.3 Å². The molecule has 0 spiro atoms. The Hall–Kier alpha value is -2.60. The molecule has 0 aliphatic carbocycles. The minimum absolute atomic E-state index is 0.0740. The van der Waals surface area contributed by atoms with Gasteiger partial charge in [-0.2, -0.15) is 0 Å². The lowest BCUT2D eigenvalue weighted by molar-refractivity contribution is -0.385. The van der Waals surface area contributed by atoms with Crippen LogP contribution in [-0.4, -0.2) is 24.0 Å². The third-order valence-corrected chi connectivity index (χ3v) is 3.47. The fourth-order valence-electron chi connectivity index (χ4n) is 2.03. The number of carbonyl (C=O) groups is 1. The van der Waals surface area contributed by atoms with Gasteiger partial charge in [0.15, 0.2) is 0 Å². The van der Waals surface area contributed by atoms with Crippen molar-refractivity contribution in [3.8, 4) is 5.75 Å². The molecule has 2 rings (SSSR count). The van der Waals surface area contributed by atoms with Crippen LogP contribution in [0.2, 0.25) is 5.02 Å². The first kappa shape index (κ1) is 16.8. The van der Waals surface area contributed by atoms with Crippen LogP contribution in [0.15, 0.2) is 42.5 Å². The molecule has 0 aromatic heterocycles. The summed E-state index contributed by atoms with van der Waals surface area (Å²) in [6.07, 6.45) is 0. The Morgan fingerprint density at radius 3 is 2.61 bits per heavy atom. The molecule has 0 saturated carbocycles. The summed E-state index contributed by atoms with van der Waals surface area (Å²) in [6, 6.07) is 11.3. The van der Waals surface area contributed by atoms with Gasteiger partial charge in [0.05, 0.1) is 11.5 Å². The number of nitro benzene ring substituents is 1. The van der Waals surface area contributed by atoms with Gasteiger partial charge in [-0.15, -0.1) is 0 Å². The zero-order valence-corrected chi connectivity index (χ0v) is 13.2. The van der Waals surface area contributed by atoms with Crippen LogP contribution in [0.5, 0.6) is 5.75 Å². The lowest BCUT2D eigenvalue weighted by Gasteiger charge is -2.09. The second-order valence-electron chi connectivity index (χ2n) is 4.77. The molecule has 7 heteroatoms. The van der Waals surface area contributed by atoms with E-state index < -0.39 is 4.92 Å². The van der Waals surface area contributed by atoms with E-state index in [1.807, 2.05) is 0 Å². The lowest BCUT2D eigenvalue weighted by Crippen LogP contribution is -2.28. The Morgan fingerprint density at radius 1 is 1.26 bits per heavy atom. The van der Waals surface area contributed by atoms with Crippen LogP contribution in [0, 0.1) is 17.0 Å². The zero-order chi connectivity index (χ0) is 16.8. The summed E-state index contributed by atoms with van der Waals surface area (Å²) in [7, 11) is 0. The average molecular weight is 335 g/mol. The predicted octanol–water partition coefficient (Wildman–Crippen LogP) is 3.37. The van der Waals surface area contributed by atoms with Crippen molar-refractivity contribution in [3.05, 3.63) is 68.7 Å². The van der Waals surface area contributed by atoms with Crippen LogP contribution in [0.4, 0.5) is 5.69 Å². The Bertz CT molecular complexity index is 717. The largest absolute Gasteiger partial charge is 0.492 e. The van der Waals surface area contributed by atoms with Crippen LogP contribution < -0.4 is 10.1 Å². The highest BCUT2D eigenvalue weighted by Crippen LogP contribution is 2.21. The zero-order valence-electron chi connectivity index (χ0n) is 12.4. The molecule has 0 bridgehead atoms. The van der Waals surface area contributed by atoms with Gasteiger partial charge in [-0.3, -0.25) is 14.9 Å². The van der Waals surface area contributed by atoms with Crippen molar-refractivity contribution in [2.24, 2.45) is 0 Å². The molecule has 120 valence electrons. The van der Waals surface area contributed by atoms with Gasteiger partial charge in [-0.05, 0) is 37.3 Å². The molecule has 2 aromatic rings. The topological polar surface area (TPSA) is 81.5 Å². The van der Waals surface area contributed by atoms with E-state index in [0.29, 0.717) is 16.3 Å². The van der Waals surface area contributed by atoms with Crippen LogP contribution in [0.1, 0.15) is 15.9 Å². The number of hydrogen-bond donors (Lipinski definition) is 1. The summed E-state index contributed by atoms with van der Waals surface area (Å²) >= 11 is 5.77. The van der Waals surface area contributed by atoms with Crippen molar-refractivity contribution in [2.45, 2.75) is 6.92 Å². The number of nitrogens with zero attached hydrogens (tertiary/aromatic N) is 1. The highest BCUT2D eigenvalue weighted by molar-refractivity contribution is 6.30. The Kier molecular flexibility index (Phi) is 5.54. The number of halogens is 1. The van der Waals surface area contributed by atoms with Gasteiger partial charge in [0.2, 0.25) is 0 Å². The van der Waals surface area contributed by atoms with Crippen molar-refractivity contribution < 1.29 is 14.5 Å². The van der Waals surface area contributed by atoms with E-state index in [0.717, 1.165) is 0 Å². The minimum Gasteiger partial charge on any atom is -0.492 e. The van der Waals surface area contributed by atoms with Crippen molar-refractivity contribution in [3.63, 3.8) is 0 Å². The van der Waals surface area contributed by atoms with Gasteiger partial charge in [-0.1, -0.05) is 17.7 Å². The molecule has 0 aliphatic heterocycles. The monoisotopic (exact) mass is 334 g/mol. The molecular formula is C16H15ClN2O4. The predicted molar refractivity (Wildman–Crippen MR) is 87.1 cm³/mol. The summed E-state index contributed by atoms with van der Waals surface area (Å²) < 4.78 is 5.46. The Labute approximate surface area is 138 Å². The second-order valence-corrected chi connectivity index (χ2v) is 5.20. The third-order valence-electron chi connectivity index (χ3n) is 3.22. The number of nitro groups is 1. The fraction of sp³-hybridized carbons (Fsp3) is 0.188. The summed E-state index contributed by atoms with van der Waals surface area (Å²) in [5, 5.41) is 14.2. The Balaban J connectivity index is 1.89. The van der Waals surface area contributed by atoms with E-state index in [1.165, 1.54) is 12.1 Å². The SMILES string of the molecule is Cc1c(C(=O)NCCOc2ccc(Cl)cc2)cccc1[N+](=O)[O-]. The molecule has 1 amide bonds. The van der Waals surface area contributed by atoms with E-state index >= 15 is 0 Å².